The van der Waals surface area contributed by atoms with Crippen molar-refractivity contribution in [1.29, 1.82) is 0 Å². The van der Waals surface area contributed by atoms with Crippen LogP contribution >= 0.6 is 34.4 Å². The molecule has 7 nitrogen and oxygen atoms in total. The molecule has 0 bridgehead atoms. The predicted octanol–water partition coefficient (Wildman–Crippen LogP) is 7.29. The lowest BCUT2D eigenvalue weighted by Gasteiger charge is -2.25. The molecule has 4 heterocycles. The number of aromatic nitrogens is 2. The zero-order chi connectivity index (χ0) is 29.6. The zero-order valence-electron chi connectivity index (χ0n) is 22.6. The fourth-order valence-corrected chi connectivity index (χ4v) is 6.44. The second-order valence-corrected chi connectivity index (χ2v) is 12.1. The van der Waals surface area contributed by atoms with Gasteiger partial charge < -0.3 is 14.6 Å². The lowest BCUT2D eigenvalue weighted by molar-refractivity contribution is -0.185. The van der Waals surface area contributed by atoms with Crippen molar-refractivity contribution in [1.82, 2.24) is 8.75 Å². The summed E-state index contributed by atoms with van der Waals surface area (Å²) in [5.74, 6) is -1.82. The second-order valence-electron chi connectivity index (χ2n) is 9.54. The lowest BCUT2D eigenvalue weighted by atomic mass is 9.89. The van der Waals surface area contributed by atoms with Crippen molar-refractivity contribution in [2.45, 2.75) is 18.8 Å². The molecule has 214 valence electrons. The van der Waals surface area contributed by atoms with Gasteiger partial charge in [0, 0.05) is 22.4 Å². The van der Waals surface area contributed by atoms with Gasteiger partial charge in [-0.05, 0) is 70.4 Å². The molecule has 0 spiro atoms. The first kappa shape index (κ1) is 28.6. The number of thiophene rings is 2. The molecule has 10 heteroatoms. The maximum Gasteiger partial charge on any atom is 0.342 e. The van der Waals surface area contributed by atoms with Gasteiger partial charge in [0.05, 0.1) is 22.2 Å². The average molecular weight is 625 g/mol. The highest BCUT2D eigenvalue weighted by molar-refractivity contribution is 7.11. The summed E-state index contributed by atoms with van der Waals surface area (Å²) in [4.78, 5) is 24.9. The third-order valence-electron chi connectivity index (χ3n) is 6.78. The maximum atomic E-state index is 13.2. The molecular formula is C33H24N2O5S3. The molecule has 0 saturated carbocycles. The van der Waals surface area contributed by atoms with Crippen molar-refractivity contribution >= 4 is 63.3 Å². The molecule has 43 heavy (non-hydrogen) atoms. The van der Waals surface area contributed by atoms with Gasteiger partial charge in [-0.25, -0.2) is 4.79 Å². The Bertz CT molecular complexity index is 1870. The van der Waals surface area contributed by atoms with Crippen LogP contribution in [0.3, 0.4) is 0 Å². The van der Waals surface area contributed by atoms with E-state index in [9.17, 15) is 14.7 Å². The van der Waals surface area contributed by atoms with E-state index in [1.54, 1.807) is 41.7 Å². The topological polar surface area (TPSA) is 98.6 Å². The van der Waals surface area contributed by atoms with Gasteiger partial charge in [-0.2, -0.15) is 8.75 Å². The van der Waals surface area contributed by atoms with E-state index in [4.69, 9.17) is 9.47 Å². The van der Waals surface area contributed by atoms with Crippen LogP contribution in [0, 0.1) is 0 Å². The van der Waals surface area contributed by atoms with Gasteiger partial charge in [0.15, 0.2) is 6.29 Å². The lowest BCUT2D eigenvalue weighted by Crippen LogP contribution is -2.29. The number of hydrogen-bond donors (Lipinski definition) is 1. The van der Waals surface area contributed by atoms with Crippen molar-refractivity contribution in [3.05, 3.63) is 140 Å². The Morgan fingerprint density at radius 1 is 0.860 bits per heavy atom. The number of esters is 1. The number of hydrogen-bond acceptors (Lipinski definition) is 10. The number of aldehydes is 1. The summed E-state index contributed by atoms with van der Waals surface area (Å²) in [5.41, 5.74) is 4.47. The highest BCUT2D eigenvalue weighted by atomic mass is 32.1. The van der Waals surface area contributed by atoms with E-state index in [-0.39, 0.29) is 0 Å². The molecule has 1 aliphatic heterocycles. The smallest absolute Gasteiger partial charge is 0.342 e. The van der Waals surface area contributed by atoms with Gasteiger partial charge in [0.1, 0.15) is 23.4 Å². The molecule has 0 fully saturated rings. The van der Waals surface area contributed by atoms with E-state index < -0.39 is 11.8 Å². The molecule has 0 amide bonds. The van der Waals surface area contributed by atoms with Crippen LogP contribution in [0.1, 0.15) is 31.2 Å². The highest BCUT2D eigenvalue weighted by Crippen LogP contribution is 2.45. The molecule has 7 rings (SSSR count). The summed E-state index contributed by atoms with van der Waals surface area (Å²) >= 11 is 4.14. The van der Waals surface area contributed by atoms with Gasteiger partial charge in [0.25, 0.3) is 5.79 Å². The number of rotatable bonds is 8. The van der Waals surface area contributed by atoms with E-state index in [1.807, 2.05) is 77.5 Å². The number of nitrogens with zero attached hydrogens (tertiary/aromatic N) is 2. The first-order chi connectivity index (χ1) is 21.0. The fourth-order valence-electron chi connectivity index (χ4n) is 4.67. The van der Waals surface area contributed by atoms with Gasteiger partial charge >= 0.3 is 5.97 Å². The van der Waals surface area contributed by atoms with Crippen molar-refractivity contribution in [3.8, 4) is 5.75 Å². The van der Waals surface area contributed by atoms with Crippen LogP contribution in [0.25, 0.3) is 16.6 Å². The monoisotopic (exact) mass is 624 g/mol. The minimum Gasteiger partial charge on any atom is -0.489 e. The number of benzene rings is 3. The molecule has 0 saturated heterocycles. The highest BCUT2D eigenvalue weighted by Gasteiger charge is 2.48. The Morgan fingerprint density at radius 3 is 2.33 bits per heavy atom. The SMILES string of the molecule is O=C1OC(O)(c2ccc(OCc3ccccc3)cc2)C(Cc2cccs2)=C1c1ccc2nsnc2c1.O=Cc1cccs1. The first-order valence-electron chi connectivity index (χ1n) is 13.2. The summed E-state index contributed by atoms with van der Waals surface area (Å²) in [5, 5.41) is 15.7. The number of aliphatic hydroxyl groups is 1. The van der Waals surface area contributed by atoms with Gasteiger partial charge in [-0.15, -0.1) is 22.7 Å². The van der Waals surface area contributed by atoms with E-state index in [1.165, 1.54) is 11.3 Å². The van der Waals surface area contributed by atoms with Crippen LogP contribution in [0.5, 0.6) is 5.75 Å². The summed E-state index contributed by atoms with van der Waals surface area (Å²) in [6.07, 6.45) is 1.22. The van der Waals surface area contributed by atoms with Crippen LogP contribution < -0.4 is 4.74 Å². The molecule has 1 aliphatic rings. The Hall–Kier alpha value is -4.48. The van der Waals surface area contributed by atoms with Crippen LogP contribution in [0.15, 0.2) is 113 Å². The third kappa shape index (κ3) is 6.32. The van der Waals surface area contributed by atoms with Gasteiger partial charge in [-0.1, -0.05) is 48.5 Å². The Labute approximate surface area is 259 Å². The Morgan fingerprint density at radius 2 is 1.63 bits per heavy atom. The van der Waals surface area contributed by atoms with Crippen LogP contribution in [-0.2, 0) is 28.3 Å². The predicted molar refractivity (Wildman–Crippen MR) is 169 cm³/mol. The molecule has 1 unspecified atom stereocenters. The standard InChI is InChI=1S/C28H20N2O4S2.C5H4OS/c31-27-26(19-8-13-24-25(15-19)30-36-29-24)23(16-22-7-4-14-35-22)28(32,34-27)20-9-11-21(12-10-20)33-17-18-5-2-1-3-6-18;6-4-5-2-1-3-7-5/h1-15,32H,16-17H2;1-4H. The number of cyclic esters (lactones) is 1. The third-order valence-corrected chi connectivity index (χ3v) is 9.01. The molecule has 1 atom stereocenters. The van der Waals surface area contributed by atoms with E-state index in [0.717, 1.165) is 38.8 Å². The normalized spacial score (nSPS) is 16.1. The summed E-state index contributed by atoms with van der Waals surface area (Å²) in [6, 6.07) is 29.9. The first-order valence-corrected chi connectivity index (χ1v) is 15.7. The zero-order valence-corrected chi connectivity index (χ0v) is 25.0. The van der Waals surface area contributed by atoms with Crippen molar-refractivity contribution < 1.29 is 24.2 Å². The summed E-state index contributed by atoms with van der Waals surface area (Å²) < 4.78 is 20.1. The van der Waals surface area contributed by atoms with Gasteiger partial charge in [-0.3, -0.25) is 4.79 Å². The van der Waals surface area contributed by atoms with Gasteiger partial charge in [0.2, 0.25) is 0 Å². The molecule has 6 aromatic rings. The Balaban J connectivity index is 0.000000415. The number of ether oxygens (including phenoxy) is 2. The van der Waals surface area contributed by atoms with Crippen molar-refractivity contribution in [2.75, 3.05) is 0 Å². The molecule has 0 radical (unpaired) electrons. The maximum absolute atomic E-state index is 13.2. The quantitative estimate of drug-likeness (QED) is 0.140. The number of carbonyl (C=O) groups is 2. The van der Waals surface area contributed by atoms with Crippen LogP contribution in [0.4, 0.5) is 0 Å². The molecule has 3 aromatic carbocycles. The van der Waals surface area contributed by atoms with E-state index >= 15 is 0 Å². The summed E-state index contributed by atoms with van der Waals surface area (Å²) in [6.45, 7) is 0.432. The second kappa shape index (κ2) is 12.8. The summed E-state index contributed by atoms with van der Waals surface area (Å²) in [7, 11) is 0. The molecule has 1 N–H and O–H groups in total. The molecule has 0 aliphatic carbocycles. The fraction of sp³-hybridized carbons (Fsp3) is 0.0909. The van der Waals surface area contributed by atoms with E-state index in [2.05, 4.69) is 8.75 Å². The average Bonchev–Trinajstić information content (AvgIpc) is 3.86. The molecule has 3 aromatic heterocycles. The molecular weight excluding hydrogens is 601 g/mol. The minimum absolute atomic E-state index is 0.352. The van der Waals surface area contributed by atoms with Crippen molar-refractivity contribution in [2.24, 2.45) is 0 Å². The number of fused-ring (bicyclic) bond motifs is 1. The van der Waals surface area contributed by atoms with Crippen LogP contribution in [-0.4, -0.2) is 26.1 Å². The Kier molecular flexibility index (Phi) is 8.52. The largest absolute Gasteiger partial charge is 0.489 e. The number of carbonyl (C=O) groups excluding carboxylic acids is 2. The minimum atomic E-state index is -1.90. The van der Waals surface area contributed by atoms with Crippen LogP contribution in [0.2, 0.25) is 0 Å². The van der Waals surface area contributed by atoms with Crippen molar-refractivity contribution in [3.63, 3.8) is 0 Å². The van der Waals surface area contributed by atoms with E-state index in [0.29, 0.717) is 46.6 Å².